The Kier molecular flexibility index (Phi) is 4.19. The van der Waals surface area contributed by atoms with Crippen LogP contribution in [0.2, 0.25) is 0 Å². The van der Waals surface area contributed by atoms with Gasteiger partial charge in [-0.15, -0.1) is 0 Å². The molecule has 0 aromatic rings. The summed E-state index contributed by atoms with van der Waals surface area (Å²) in [5, 5.41) is 3.38. The molecule has 0 aromatic heterocycles. The van der Waals surface area contributed by atoms with E-state index < -0.39 is 0 Å². The molecule has 1 N–H and O–H groups in total. The lowest BCUT2D eigenvalue weighted by atomic mass is 9.89. The van der Waals surface area contributed by atoms with Gasteiger partial charge in [0.05, 0.1) is 24.9 Å². The Hall–Kier alpha value is -0.160. The Morgan fingerprint density at radius 3 is 2.81 bits per heavy atom. The largest absolute Gasteiger partial charge is 0.374 e. The molecule has 0 aromatic carbocycles. The van der Waals surface area contributed by atoms with Gasteiger partial charge in [-0.25, -0.2) is 0 Å². The van der Waals surface area contributed by atoms with Gasteiger partial charge in [-0.3, -0.25) is 0 Å². The molecule has 0 amide bonds. The van der Waals surface area contributed by atoms with Gasteiger partial charge in [0, 0.05) is 13.0 Å². The first-order valence-electron chi connectivity index (χ1n) is 6.31. The molecule has 0 aliphatic carbocycles. The first-order valence-corrected chi connectivity index (χ1v) is 6.31. The molecule has 2 rings (SSSR count). The Morgan fingerprint density at radius 1 is 1.38 bits per heavy atom. The summed E-state index contributed by atoms with van der Waals surface area (Å²) in [6.07, 6.45) is 3.68. The predicted octanol–water partition coefficient (Wildman–Crippen LogP) is 0.476. The highest BCUT2D eigenvalue weighted by Gasteiger charge is 2.41. The van der Waals surface area contributed by atoms with Crippen LogP contribution in [0.1, 0.15) is 19.3 Å². The number of rotatable bonds is 4. The number of hydrogen-bond donors (Lipinski definition) is 1. The average molecular weight is 228 g/mol. The van der Waals surface area contributed by atoms with Gasteiger partial charge in [-0.1, -0.05) is 0 Å². The normalized spacial score (nSPS) is 29.1. The maximum absolute atomic E-state index is 5.97. The van der Waals surface area contributed by atoms with Crippen LogP contribution in [0.5, 0.6) is 0 Å². The van der Waals surface area contributed by atoms with E-state index in [9.17, 15) is 0 Å². The van der Waals surface area contributed by atoms with E-state index in [1.165, 1.54) is 0 Å². The molecule has 16 heavy (non-hydrogen) atoms. The van der Waals surface area contributed by atoms with Crippen molar-refractivity contribution < 1.29 is 9.47 Å². The number of piperidine rings is 1. The summed E-state index contributed by atoms with van der Waals surface area (Å²) < 4.78 is 11.8. The molecule has 1 spiro atoms. The summed E-state index contributed by atoms with van der Waals surface area (Å²) in [5.41, 5.74) is 0.133. The molecule has 2 saturated heterocycles. The standard InChI is InChI=1S/C12H24N2O2/c1-14(2)7-8-15-11-9-12(16-10-11)3-5-13-6-4-12/h11,13H,3-10H2,1-2H3. The molecule has 2 aliphatic rings. The summed E-state index contributed by atoms with van der Waals surface area (Å²) >= 11 is 0. The molecule has 0 radical (unpaired) electrons. The maximum Gasteiger partial charge on any atom is 0.0836 e. The third-order valence-corrected chi connectivity index (χ3v) is 3.58. The molecular formula is C12H24N2O2. The van der Waals surface area contributed by atoms with Crippen LogP contribution in [0.4, 0.5) is 0 Å². The zero-order valence-corrected chi connectivity index (χ0v) is 10.5. The average Bonchev–Trinajstić information content (AvgIpc) is 2.62. The quantitative estimate of drug-likeness (QED) is 0.758. The SMILES string of the molecule is CN(C)CCOC1COC2(CCNCC2)C1. The van der Waals surface area contributed by atoms with Crippen molar-refractivity contribution in [1.29, 1.82) is 0 Å². The van der Waals surface area contributed by atoms with Crippen molar-refractivity contribution in [2.75, 3.05) is 46.9 Å². The molecule has 0 bridgehead atoms. The lowest BCUT2D eigenvalue weighted by Gasteiger charge is -2.32. The molecule has 4 heteroatoms. The van der Waals surface area contributed by atoms with Crippen molar-refractivity contribution in [1.82, 2.24) is 10.2 Å². The summed E-state index contributed by atoms with van der Waals surface area (Å²) in [7, 11) is 4.14. The van der Waals surface area contributed by atoms with Crippen LogP contribution < -0.4 is 5.32 Å². The van der Waals surface area contributed by atoms with Gasteiger partial charge in [0.1, 0.15) is 0 Å². The summed E-state index contributed by atoms with van der Waals surface area (Å²) in [6, 6.07) is 0. The number of likely N-dealkylation sites (N-methyl/N-ethyl adjacent to an activating group) is 1. The van der Waals surface area contributed by atoms with Crippen LogP contribution in [-0.2, 0) is 9.47 Å². The van der Waals surface area contributed by atoms with Crippen LogP contribution in [0.15, 0.2) is 0 Å². The van der Waals surface area contributed by atoms with E-state index in [-0.39, 0.29) is 5.60 Å². The van der Waals surface area contributed by atoms with Crippen molar-refractivity contribution in [3.63, 3.8) is 0 Å². The molecule has 94 valence electrons. The monoisotopic (exact) mass is 228 g/mol. The second-order valence-corrected chi connectivity index (χ2v) is 5.24. The molecule has 0 saturated carbocycles. The van der Waals surface area contributed by atoms with Gasteiger partial charge in [0.25, 0.3) is 0 Å². The molecule has 2 fully saturated rings. The Labute approximate surface area is 98.3 Å². The van der Waals surface area contributed by atoms with Gasteiger partial charge >= 0.3 is 0 Å². The smallest absolute Gasteiger partial charge is 0.0836 e. The summed E-state index contributed by atoms with van der Waals surface area (Å²) in [5.74, 6) is 0. The topological polar surface area (TPSA) is 33.7 Å². The fourth-order valence-corrected chi connectivity index (χ4v) is 2.54. The van der Waals surface area contributed by atoms with E-state index >= 15 is 0 Å². The van der Waals surface area contributed by atoms with E-state index in [0.717, 1.165) is 52.1 Å². The predicted molar refractivity (Wildman–Crippen MR) is 63.7 cm³/mol. The van der Waals surface area contributed by atoms with Crippen LogP contribution in [-0.4, -0.2) is 63.5 Å². The van der Waals surface area contributed by atoms with Gasteiger partial charge in [0.2, 0.25) is 0 Å². The number of ether oxygens (including phenoxy) is 2. The van der Waals surface area contributed by atoms with Crippen LogP contribution in [0.25, 0.3) is 0 Å². The third kappa shape index (κ3) is 3.17. The summed E-state index contributed by atoms with van der Waals surface area (Å²) in [6.45, 7) is 4.77. The Morgan fingerprint density at radius 2 is 2.12 bits per heavy atom. The molecule has 1 unspecified atom stereocenters. The fourth-order valence-electron chi connectivity index (χ4n) is 2.54. The first kappa shape index (κ1) is 12.3. The number of hydrogen-bond acceptors (Lipinski definition) is 4. The van der Waals surface area contributed by atoms with E-state index in [2.05, 4.69) is 24.3 Å². The maximum atomic E-state index is 5.97. The van der Waals surface area contributed by atoms with Crippen molar-refractivity contribution in [3.8, 4) is 0 Å². The highest BCUT2D eigenvalue weighted by molar-refractivity contribution is 4.93. The van der Waals surface area contributed by atoms with E-state index in [0.29, 0.717) is 6.10 Å². The second-order valence-electron chi connectivity index (χ2n) is 5.24. The highest BCUT2D eigenvalue weighted by Crippen LogP contribution is 2.34. The second kappa shape index (κ2) is 5.45. The lowest BCUT2D eigenvalue weighted by Crippen LogP contribution is -2.41. The van der Waals surface area contributed by atoms with Crippen molar-refractivity contribution in [3.05, 3.63) is 0 Å². The highest BCUT2D eigenvalue weighted by atomic mass is 16.6. The van der Waals surface area contributed by atoms with Crippen LogP contribution in [0.3, 0.4) is 0 Å². The van der Waals surface area contributed by atoms with Crippen LogP contribution in [0, 0.1) is 0 Å². The Balaban J connectivity index is 1.70. The van der Waals surface area contributed by atoms with Crippen molar-refractivity contribution in [2.24, 2.45) is 0 Å². The van der Waals surface area contributed by atoms with Gasteiger partial charge in [-0.2, -0.15) is 0 Å². The van der Waals surface area contributed by atoms with E-state index in [1.807, 2.05) is 0 Å². The lowest BCUT2D eigenvalue weighted by molar-refractivity contribution is -0.0236. The summed E-state index contributed by atoms with van der Waals surface area (Å²) in [4.78, 5) is 2.15. The number of nitrogens with zero attached hydrogens (tertiary/aromatic N) is 1. The first-order chi connectivity index (χ1) is 7.70. The van der Waals surface area contributed by atoms with Crippen molar-refractivity contribution >= 4 is 0 Å². The van der Waals surface area contributed by atoms with Gasteiger partial charge < -0.3 is 19.7 Å². The number of nitrogens with one attached hydrogen (secondary N) is 1. The zero-order chi connectivity index (χ0) is 11.4. The van der Waals surface area contributed by atoms with Gasteiger partial charge in [-0.05, 0) is 40.0 Å². The zero-order valence-electron chi connectivity index (χ0n) is 10.5. The minimum atomic E-state index is 0.133. The molecule has 2 aliphatic heterocycles. The van der Waals surface area contributed by atoms with Gasteiger partial charge in [0.15, 0.2) is 0 Å². The third-order valence-electron chi connectivity index (χ3n) is 3.58. The minimum Gasteiger partial charge on any atom is -0.374 e. The van der Waals surface area contributed by atoms with E-state index in [4.69, 9.17) is 9.47 Å². The fraction of sp³-hybridized carbons (Fsp3) is 1.00. The molecule has 4 nitrogen and oxygen atoms in total. The molecular weight excluding hydrogens is 204 g/mol. The van der Waals surface area contributed by atoms with E-state index in [1.54, 1.807) is 0 Å². The van der Waals surface area contributed by atoms with Crippen molar-refractivity contribution in [2.45, 2.75) is 31.0 Å². The molecule has 1 atom stereocenters. The Bertz CT molecular complexity index is 215. The van der Waals surface area contributed by atoms with Crippen LogP contribution >= 0.6 is 0 Å². The minimum absolute atomic E-state index is 0.133. The molecule has 2 heterocycles.